The normalized spacial score (nSPS) is 16.1. The lowest BCUT2D eigenvalue weighted by atomic mass is 10.1. The van der Waals surface area contributed by atoms with E-state index in [1.165, 1.54) is 11.8 Å². The number of para-hydroxylation sites is 1. The predicted molar refractivity (Wildman–Crippen MR) is 111 cm³/mol. The Morgan fingerprint density at radius 1 is 1.21 bits per heavy atom. The van der Waals surface area contributed by atoms with Crippen molar-refractivity contribution >= 4 is 40.2 Å². The summed E-state index contributed by atoms with van der Waals surface area (Å²) in [6, 6.07) is 14.7. The molecule has 0 bridgehead atoms. The number of carbonyl (C=O) groups excluding carboxylic acids is 2. The molecule has 2 N–H and O–H groups in total. The number of ketones is 1. The summed E-state index contributed by atoms with van der Waals surface area (Å²) >= 11 is 1.65. The first kappa shape index (κ1) is 18.1. The van der Waals surface area contributed by atoms with Crippen molar-refractivity contribution in [2.75, 3.05) is 10.3 Å². The Labute approximate surface area is 166 Å². The first-order chi connectivity index (χ1) is 13.5. The van der Waals surface area contributed by atoms with Crippen LogP contribution in [0.5, 0.6) is 0 Å². The van der Waals surface area contributed by atoms with Gasteiger partial charge in [-0.05, 0) is 38.1 Å². The number of rotatable bonds is 5. The van der Waals surface area contributed by atoms with Crippen LogP contribution in [0.2, 0.25) is 0 Å². The molecule has 1 unspecified atom stereocenters. The number of nitrogens with zero attached hydrogens (tertiary/aromatic N) is 3. The van der Waals surface area contributed by atoms with Gasteiger partial charge in [0.1, 0.15) is 11.8 Å². The predicted octanol–water partition coefficient (Wildman–Crippen LogP) is 3.61. The molecule has 0 saturated carbocycles. The molecule has 1 aliphatic rings. The lowest BCUT2D eigenvalue weighted by molar-refractivity contribution is -0.118. The fourth-order valence-corrected chi connectivity index (χ4v) is 3.90. The number of aromatic nitrogens is 2. The molecule has 3 heterocycles. The Hall–Kier alpha value is -3.26. The highest BCUT2D eigenvalue weighted by Gasteiger charge is 2.34. The summed E-state index contributed by atoms with van der Waals surface area (Å²) in [5, 5.41) is 15.9. The second-order valence-electron chi connectivity index (χ2n) is 6.59. The van der Waals surface area contributed by atoms with E-state index < -0.39 is 6.04 Å². The molecule has 1 amide bonds. The van der Waals surface area contributed by atoms with E-state index in [1.807, 2.05) is 49.4 Å². The van der Waals surface area contributed by atoms with Gasteiger partial charge in [-0.25, -0.2) is 0 Å². The van der Waals surface area contributed by atoms with Crippen LogP contribution < -0.4 is 10.3 Å². The molecule has 1 aromatic carbocycles. The third kappa shape index (κ3) is 3.59. The Bertz CT molecular complexity index is 1050. The highest BCUT2D eigenvalue weighted by molar-refractivity contribution is 7.15. The van der Waals surface area contributed by atoms with E-state index in [2.05, 4.69) is 20.6 Å². The number of hydrogen-bond donors (Lipinski definition) is 2. The molecule has 1 aliphatic heterocycles. The van der Waals surface area contributed by atoms with Gasteiger partial charge in [-0.15, -0.1) is 11.3 Å². The average molecular weight is 393 g/mol. The van der Waals surface area contributed by atoms with Gasteiger partial charge in [0.25, 0.3) is 5.91 Å². The van der Waals surface area contributed by atoms with Crippen molar-refractivity contribution in [3.05, 3.63) is 53.4 Å². The van der Waals surface area contributed by atoms with Crippen molar-refractivity contribution in [3.8, 4) is 10.6 Å². The molecule has 7 nitrogen and oxygen atoms in total. The van der Waals surface area contributed by atoms with Crippen LogP contribution in [0.25, 0.3) is 10.6 Å². The number of aromatic amines is 1. The standard InChI is InChI=1S/C20H19N5O2S/c1-12-8-9-18(28-12)15-11-19(23-22-15)21-20(27)16-10-17(13(2)26)25(24-16)14-6-4-3-5-7-14/h3-9,11,17H,10H2,1-2H3,(H2,21,22,23,27). The molecule has 4 rings (SSSR count). The van der Waals surface area contributed by atoms with Crippen LogP contribution in [-0.2, 0) is 9.59 Å². The maximum Gasteiger partial charge on any atom is 0.273 e. The molecule has 0 saturated heterocycles. The van der Waals surface area contributed by atoms with E-state index in [9.17, 15) is 9.59 Å². The zero-order chi connectivity index (χ0) is 19.7. The quantitative estimate of drug-likeness (QED) is 0.693. The second-order valence-corrected chi connectivity index (χ2v) is 7.88. The Morgan fingerprint density at radius 2 is 2.00 bits per heavy atom. The van der Waals surface area contributed by atoms with Gasteiger partial charge in [-0.1, -0.05) is 18.2 Å². The molecule has 0 radical (unpaired) electrons. The molecule has 8 heteroatoms. The summed E-state index contributed by atoms with van der Waals surface area (Å²) in [5.74, 6) is 0.0295. The van der Waals surface area contributed by atoms with Crippen LogP contribution in [0, 0.1) is 6.92 Å². The molecule has 0 fully saturated rings. The fraction of sp³-hybridized carbons (Fsp3) is 0.200. The number of H-pyrrole nitrogens is 1. The molecule has 3 aromatic rings. The van der Waals surface area contributed by atoms with Crippen LogP contribution in [0.1, 0.15) is 18.2 Å². The van der Waals surface area contributed by atoms with Gasteiger partial charge >= 0.3 is 0 Å². The Balaban J connectivity index is 1.52. The van der Waals surface area contributed by atoms with Crippen LogP contribution in [0.15, 0.2) is 53.6 Å². The van der Waals surface area contributed by atoms with Gasteiger partial charge in [0.15, 0.2) is 11.6 Å². The fourth-order valence-electron chi connectivity index (χ4n) is 3.06. The molecular weight excluding hydrogens is 374 g/mol. The van der Waals surface area contributed by atoms with E-state index in [-0.39, 0.29) is 18.1 Å². The summed E-state index contributed by atoms with van der Waals surface area (Å²) in [7, 11) is 0. The summed E-state index contributed by atoms with van der Waals surface area (Å²) in [5.41, 5.74) is 1.93. The van der Waals surface area contributed by atoms with Crippen LogP contribution in [-0.4, -0.2) is 33.6 Å². The van der Waals surface area contributed by atoms with Gasteiger partial charge in [-0.3, -0.25) is 19.7 Å². The number of benzene rings is 1. The van der Waals surface area contributed by atoms with Crippen LogP contribution >= 0.6 is 11.3 Å². The minimum absolute atomic E-state index is 0.0366. The third-order valence-electron chi connectivity index (χ3n) is 4.49. The second kappa shape index (κ2) is 7.40. The minimum atomic E-state index is -0.480. The monoisotopic (exact) mass is 393 g/mol. The molecular formula is C20H19N5O2S. The van der Waals surface area contributed by atoms with Crippen molar-refractivity contribution in [2.45, 2.75) is 26.3 Å². The Kier molecular flexibility index (Phi) is 4.79. The van der Waals surface area contributed by atoms with Crippen molar-refractivity contribution in [1.82, 2.24) is 10.2 Å². The van der Waals surface area contributed by atoms with Crippen LogP contribution in [0.4, 0.5) is 11.5 Å². The first-order valence-electron chi connectivity index (χ1n) is 8.87. The van der Waals surface area contributed by atoms with Gasteiger partial charge in [0.05, 0.1) is 16.3 Å². The maximum atomic E-state index is 12.7. The average Bonchev–Trinajstić information content (AvgIpc) is 3.41. The molecule has 0 aliphatic carbocycles. The first-order valence-corrected chi connectivity index (χ1v) is 9.68. The lowest BCUT2D eigenvalue weighted by Gasteiger charge is -2.20. The topological polar surface area (TPSA) is 90.4 Å². The molecule has 0 spiro atoms. The van der Waals surface area contributed by atoms with Crippen LogP contribution in [0.3, 0.4) is 0 Å². The van der Waals surface area contributed by atoms with Gasteiger partial charge < -0.3 is 5.32 Å². The Morgan fingerprint density at radius 3 is 2.68 bits per heavy atom. The summed E-state index contributed by atoms with van der Waals surface area (Å²) in [6.45, 7) is 3.55. The molecule has 28 heavy (non-hydrogen) atoms. The molecule has 1 atom stereocenters. The zero-order valence-corrected chi connectivity index (χ0v) is 16.3. The largest absolute Gasteiger partial charge is 0.304 e. The van der Waals surface area contributed by atoms with Gasteiger partial charge in [-0.2, -0.15) is 10.2 Å². The molecule has 142 valence electrons. The van der Waals surface area contributed by atoms with E-state index in [1.54, 1.807) is 22.4 Å². The minimum Gasteiger partial charge on any atom is -0.304 e. The number of anilines is 2. The number of carbonyl (C=O) groups is 2. The zero-order valence-electron chi connectivity index (χ0n) is 15.5. The molecule has 2 aromatic heterocycles. The summed E-state index contributed by atoms with van der Waals surface area (Å²) in [6.07, 6.45) is 0.261. The maximum absolute atomic E-state index is 12.7. The van der Waals surface area contributed by atoms with Crippen molar-refractivity contribution in [1.29, 1.82) is 0 Å². The van der Waals surface area contributed by atoms with Crippen molar-refractivity contribution in [2.24, 2.45) is 5.10 Å². The van der Waals surface area contributed by atoms with E-state index in [4.69, 9.17) is 0 Å². The number of Topliss-reactive ketones (excluding diaryl/α,β-unsaturated/α-hetero) is 1. The van der Waals surface area contributed by atoms with E-state index in [0.29, 0.717) is 11.5 Å². The SMILES string of the molecule is CC(=O)C1CC(C(=O)Nc2cc(-c3ccc(C)s3)[nH]n2)=NN1c1ccccc1. The highest BCUT2D eigenvalue weighted by Crippen LogP contribution is 2.28. The van der Waals surface area contributed by atoms with E-state index in [0.717, 1.165) is 16.3 Å². The smallest absolute Gasteiger partial charge is 0.273 e. The van der Waals surface area contributed by atoms with E-state index >= 15 is 0 Å². The van der Waals surface area contributed by atoms with Crippen molar-refractivity contribution < 1.29 is 9.59 Å². The number of hydrazone groups is 1. The number of hydrogen-bond acceptors (Lipinski definition) is 6. The number of aryl methyl sites for hydroxylation is 1. The lowest BCUT2D eigenvalue weighted by Crippen LogP contribution is -2.33. The van der Waals surface area contributed by atoms with Gasteiger partial charge in [0.2, 0.25) is 0 Å². The number of thiophene rings is 1. The van der Waals surface area contributed by atoms with Gasteiger partial charge in [0, 0.05) is 17.4 Å². The number of amides is 1. The summed E-state index contributed by atoms with van der Waals surface area (Å²) < 4.78 is 0. The van der Waals surface area contributed by atoms with Crippen molar-refractivity contribution in [3.63, 3.8) is 0 Å². The third-order valence-corrected chi connectivity index (χ3v) is 5.52. The number of nitrogens with one attached hydrogen (secondary N) is 2. The highest BCUT2D eigenvalue weighted by atomic mass is 32.1. The summed E-state index contributed by atoms with van der Waals surface area (Å²) in [4.78, 5) is 27.0.